The molecule has 0 fully saturated rings. The molecule has 4 aromatic rings. The van der Waals surface area contributed by atoms with Gasteiger partial charge in [-0.05, 0) is 61.4 Å². The fourth-order valence-corrected chi connectivity index (χ4v) is 3.81. The molecule has 4 heterocycles. The first kappa shape index (κ1) is 67.4. The Kier molecular flexibility index (Phi) is 46.5. The molecular formula is C34H44Cl2Mn2N8O14+2. The van der Waals surface area contributed by atoms with Gasteiger partial charge in [0.05, 0.1) is 34.9 Å². The maximum atomic E-state index is 10.6. The topological polar surface area (TPSA) is 436 Å². The van der Waals surface area contributed by atoms with E-state index >= 15 is 0 Å². The van der Waals surface area contributed by atoms with Crippen molar-refractivity contribution in [2.24, 2.45) is 0 Å². The Morgan fingerprint density at radius 3 is 0.833 bits per heavy atom. The SMILES string of the molecule is CC#N.CC#N.O=C([O-])CCN(Cc1ccccn1)Cc1ccccn1.O=C([O-])CCN(Cc1ccccn1)Cc1ccccn1.[Mn+2].[Mn+2].[O-][Cl+3]([O-])([O-])[O-].[O-][Cl+3]([O-])([O-])[O-].[OH3+].[OH3+]. The molecule has 0 spiro atoms. The van der Waals surface area contributed by atoms with Gasteiger partial charge in [-0.1, -0.05) is 24.3 Å². The van der Waals surface area contributed by atoms with E-state index < -0.39 is 32.4 Å². The molecule has 0 bridgehead atoms. The Bertz CT molecular complexity index is 1460. The number of nitriles is 2. The second kappa shape index (κ2) is 41.4. The van der Waals surface area contributed by atoms with Crippen molar-refractivity contribution in [3.63, 3.8) is 0 Å². The predicted molar refractivity (Wildman–Crippen MR) is 177 cm³/mol. The standard InChI is InChI=1S/2C15H17N3O2.2C2H3N.2ClHO4.2Mn.2H2O/c2*19-15(20)7-10-18(11-13-5-1-3-8-16-13)12-14-6-2-4-9-17-14;2*1-2-3;2*2-1(3,4)5;;;;/h2*1-6,8-9H,7,10-12H2,(H,19,20);2*1H3;2*(H,2,3,4,5);;;2*1H2/q;;;;;;2*+2;;/p-2. The third kappa shape index (κ3) is 51.7. The monoisotopic (exact) mass is 968 g/mol. The Labute approximate surface area is 371 Å². The number of pyridine rings is 4. The summed E-state index contributed by atoms with van der Waals surface area (Å²) in [5, 5.41) is 35.9. The molecule has 0 aliphatic carbocycles. The minimum Gasteiger partial charge on any atom is -0.550 e. The van der Waals surface area contributed by atoms with Crippen LogP contribution in [0.2, 0.25) is 0 Å². The molecule has 0 aromatic carbocycles. The first-order valence-electron chi connectivity index (χ1n) is 15.6. The van der Waals surface area contributed by atoms with E-state index in [9.17, 15) is 19.8 Å². The minimum atomic E-state index is -4.94. The summed E-state index contributed by atoms with van der Waals surface area (Å²) in [7, 11) is -9.89. The van der Waals surface area contributed by atoms with Crippen LogP contribution in [0.15, 0.2) is 97.6 Å². The number of rotatable bonds is 14. The molecule has 60 heavy (non-hydrogen) atoms. The van der Waals surface area contributed by atoms with Crippen LogP contribution in [-0.2, 0) is 80.9 Å². The molecule has 26 heteroatoms. The number of hydrogen-bond donors (Lipinski definition) is 0. The Hall–Kier alpha value is -4.34. The van der Waals surface area contributed by atoms with Gasteiger partial charge in [0.1, 0.15) is 0 Å². The average molecular weight is 970 g/mol. The van der Waals surface area contributed by atoms with Crippen LogP contribution in [-0.4, -0.2) is 54.8 Å². The van der Waals surface area contributed by atoms with Crippen LogP contribution >= 0.6 is 0 Å². The van der Waals surface area contributed by atoms with Crippen molar-refractivity contribution in [3.8, 4) is 12.1 Å². The molecule has 0 atom stereocenters. The van der Waals surface area contributed by atoms with Crippen molar-refractivity contribution in [1.82, 2.24) is 29.7 Å². The van der Waals surface area contributed by atoms with Gasteiger partial charge in [-0.2, -0.15) is 10.5 Å². The number of aromatic nitrogens is 4. The van der Waals surface area contributed by atoms with E-state index in [0.717, 1.165) is 22.8 Å². The predicted octanol–water partition coefficient (Wildman–Crippen LogP) is -9.06. The van der Waals surface area contributed by atoms with Gasteiger partial charge in [-0.15, -0.1) is 20.5 Å². The van der Waals surface area contributed by atoms with E-state index in [4.69, 9.17) is 47.8 Å². The van der Waals surface area contributed by atoms with Gasteiger partial charge in [0.2, 0.25) is 0 Å². The minimum absolute atomic E-state index is 0. The number of aliphatic carboxylic acids is 2. The van der Waals surface area contributed by atoms with Gasteiger partial charge in [0, 0.05) is 89.8 Å². The summed E-state index contributed by atoms with van der Waals surface area (Å²) in [5.74, 6) is -2.09. The van der Waals surface area contributed by atoms with Crippen molar-refractivity contribution in [1.29, 1.82) is 10.5 Å². The molecule has 6 N–H and O–H groups in total. The first-order valence-corrected chi connectivity index (χ1v) is 18.1. The van der Waals surface area contributed by atoms with Crippen LogP contribution in [0, 0.1) is 43.1 Å². The molecule has 0 saturated heterocycles. The van der Waals surface area contributed by atoms with Gasteiger partial charge in [-0.25, -0.2) is 37.3 Å². The van der Waals surface area contributed by atoms with Crippen LogP contribution in [0.1, 0.15) is 49.5 Å². The van der Waals surface area contributed by atoms with E-state index in [1.54, 1.807) is 36.9 Å². The third-order valence-electron chi connectivity index (χ3n) is 5.71. The van der Waals surface area contributed by atoms with Gasteiger partial charge in [0.15, 0.2) is 0 Å². The molecule has 0 amide bonds. The maximum absolute atomic E-state index is 10.6. The van der Waals surface area contributed by atoms with Crippen LogP contribution < -0.4 is 47.5 Å². The molecule has 330 valence electrons. The number of hydrogen-bond acceptors (Lipinski definition) is 20. The zero-order chi connectivity index (χ0) is 42.8. The summed E-state index contributed by atoms with van der Waals surface area (Å²) < 4.78 is 67.9. The number of carbonyl (C=O) groups is 2. The number of carboxylic acid groups (broad SMARTS) is 2. The second-order valence-electron chi connectivity index (χ2n) is 10.2. The van der Waals surface area contributed by atoms with Crippen molar-refractivity contribution >= 4 is 11.9 Å². The van der Waals surface area contributed by atoms with E-state index in [-0.39, 0.29) is 57.9 Å². The molecular weight excluding hydrogens is 925 g/mol. The summed E-state index contributed by atoms with van der Waals surface area (Å²) in [4.78, 5) is 42.3. The van der Waals surface area contributed by atoms with E-state index in [0.29, 0.717) is 39.3 Å². The van der Waals surface area contributed by atoms with Gasteiger partial charge in [-0.3, -0.25) is 29.7 Å². The second-order valence-corrected chi connectivity index (χ2v) is 11.7. The van der Waals surface area contributed by atoms with Crippen molar-refractivity contribution in [3.05, 3.63) is 120 Å². The van der Waals surface area contributed by atoms with Crippen LogP contribution in [0.3, 0.4) is 0 Å². The number of nitrogens with zero attached hydrogens (tertiary/aromatic N) is 8. The Morgan fingerprint density at radius 2 is 0.700 bits per heavy atom. The molecule has 0 saturated carbocycles. The number of halogens is 2. The molecule has 22 nitrogen and oxygen atoms in total. The van der Waals surface area contributed by atoms with Gasteiger partial charge in [0.25, 0.3) is 0 Å². The fourth-order valence-electron chi connectivity index (χ4n) is 3.81. The Balaban J connectivity index is -0.000000171. The van der Waals surface area contributed by atoms with E-state index in [1.165, 1.54) is 13.8 Å². The number of carboxylic acids is 2. The largest absolute Gasteiger partial charge is 2.00 e. The zero-order valence-electron chi connectivity index (χ0n) is 32.0. The third-order valence-corrected chi connectivity index (χ3v) is 5.71. The van der Waals surface area contributed by atoms with Crippen molar-refractivity contribution in [2.75, 3.05) is 13.1 Å². The maximum Gasteiger partial charge on any atom is 2.00 e. The fraction of sp³-hybridized carbons (Fsp3) is 0.294. The summed E-state index contributed by atoms with van der Waals surface area (Å²) in [5.41, 5.74) is 3.62. The average Bonchev–Trinajstić information content (AvgIpc) is 3.11. The summed E-state index contributed by atoms with van der Waals surface area (Å²) >= 11 is 0. The van der Waals surface area contributed by atoms with Crippen LogP contribution in [0.5, 0.6) is 0 Å². The smallest absolute Gasteiger partial charge is 0.550 e. The summed E-state index contributed by atoms with van der Waals surface area (Å²) in [6.45, 7) is 6.04. The number of carbonyl (C=O) groups excluding carboxylic acids is 2. The van der Waals surface area contributed by atoms with E-state index in [1.807, 2.05) is 82.6 Å². The summed E-state index contributed by atoms with van der Waals surface area (Å²) in [6.07, 6.45) is 6.92. The first-order chi connectivity index (χ1) is 26.3. The molecule has 0 unspecified atom stereocenters. The molecule has 0 aliphatic rings. The van der Waals surface area contributed by atoms with Crippen LogP contribution in [0.4, 0.5) is 0 Å². The van der Waals surface area contributed by atoms with Crippen molar-refractivity contribution in [2.45, 2.75) is 52.9 Å². The van der Waals surface area contributed by atoms with Crippen molar-refractivity contribution < 1.29 is 123 Å². The molecule has 4 aromatic heterocycles. The summed E-state index contributed by atoms with van der Waals surface area (Å²) in [6, 6.07) is 26.3. The van der Waals surface area contributed by atoms with Crippen LogP contribution in [0.25, 0.3) is 0 Å². The molecule has 2 radical (unpaired) electrons. The molecule has 4 rings (SSSR count). The normalized spacial score (nSPS) is 9.37. The Morgan fingerprint density at radius 1 is 0.517 bits per heavy atom. The molecule has 0 aliphatic heterocycles. The van der Waals surface area contributed by atoms with Gasteiger partial charge < -0.3 is 30.8 Å². The van der Waals surface area contributed by atoms with E-state index in [2.05, 4.69) is 19.9 Å². The quantitative estimate of drug-likeness (QED) is 0.0836. The zero-order valence-corrected chi connectivity index (χ0v) is 35.9. The van der Waals surface area contributed by atoms with Gasteiger partial charge >= 0.3 is 34.1 Å².